The van der Waals surface area contributed by atoms with Gasteiger partial charge in [-0.25, -0.2) is 13.6 Å². The van der Waals surface area contributed by atoms with Crippen LogP contribution >= 0.6 is 0 Å². The van der Waals surface area contributed by atoms with Crippen LogP contribution in [0.2, 0.25) is 0 Å². The Morgan fingerprint density at radius 1 is 1.38 bits per heavy atom. The van der Waals surface area contributed by atoms with E-state index >= 15 is 0 Å². The van der Waals surface area contributed by atoms with Gasteiger partial charge in [0.2, 0.25) is 0 Å². The van der Waals surface area contributed by atoms with Crippen LogP contribution in [0.4, 0.5) is 8.78 Å². The highest BCUT2D eigenvalue weighted by Gasteiger charge is 2.18. The number of carbonyl (C=O) groups is 1. The van der Waals surface area contributed by atoms with Gasteiger partial charge in [0.05, 0.1) is 18.5 Å². The average molecular weight is 296 g/mol. The molecule has 0 unspecified atom stereocenters. The van der Waals surface area contributed by atoms with Gasteiger partial charge in [-0.15, -0.1) is 0 Å². The normalized spacial score (nSPS) is 10.5. The molecule has 21 heavy (non-hydrogen) atoms. The van der Waals surface area contributed by atoms with Gasteiger partial charge in [0.15, 0.2) is 11.6 Å². The number of rotatable bonds is 5. The maximum Gasteiger partial charge on any atom is 0.341 e. The van der Waals surface area contributed by atoms with E-state index in [9.17, 15) is 13.6 Å². The quantitative estimate of drug-likeness (QED) is 0.795. The highest BCUT2D eigenvalue weighted by Crippen LogP contribution is 2.20. The number of esters is 1. The van der Waals surface area contributed by atoms with Gasteiger partial charge in [-0.05, 0) is 19.1 Å². The lowest BCUT2D eigenvalue weighted by molar-refractivity contribution is 0.0523. The molecule has 0 atom stereocenters. The van der Waals surface area contributed by atoms with E-state index in [0.717, 1.165) is 12.1 Å². The summed E-state index contributed by atoms with van der Waals surface area (Å²) in [6, 6.07) is 3.00. The topological polar surface area (TPSA) is 53.3 Å². The molecule has 2 aromatic rings. The number of nitrogens with zero attached hydrogens (tertiary/aromatic N) is 2. The number of aryl methyl sites for hydroxylation is 1. The first kappa shape index (κ1) is 15.0. The summed E-state index contributed by atoms with van der Waals surface area (Å²) in [7, 11) is 1.63. The molecule has 112 valence electrons. The second-order valence-electron chi connectivity index (χ2n) is 4.21. The largest absolute Gasteiger partial charge is 0.484 e. The van der Waals surface area contributed by atoms with E-state index in [4.69, 9.17) is 9.47 Å². The van der Waals surface area contributed by atoms with Gasteiger partial charge in [0, 0.05) is 13.1 Å². The Morgan fingerprint density at radius 3 is 2.81 bits per heavy atom. The summed E-state index contributed by atoms with van der Waals surface area (Å²) < 4.78 is 37.9. The molecule has 0 saturated carbocycles. The molecule has 0 radical (unpaired) electrons. The number of carbonyl (C=O) groups excluding carboxylic acids is 1. The molecule has 1 aromatic heterocycles. The molecule has 0 saturated heterocycles. The highest BCUT2D eigenvalue weighted by molar-refractivity contribution is 5.90. The number of aromatic nitrogens is 2. The fourth-order valence-corrected chi connectivity index (χ4v) is 1.75. The van der Waals surface area contributed by atoms with Gasteiger partial charge in [-0.1, -0.05) is 0 Å². The van der Waals surface area contributed by atoms with Gasteiger partial charge in [-0.2, -0.15) is 5.10 Å². The highest BCUT2D eigenvalue weighted by atomic mass is 19.1. The van der Waals surface area contributed by atoms with E-state index in [1.165, 1.54) is 16.9 Å². The fourth-order valence-electron chi connectivity index (χ4n) is 1.75. The zero-order valence-corrected chi connectivity index (χ0v) is 11.6. The summed E-state index contributed by atoms with van der Waals surface area (Å²) in [6.45, 7) is 1.84. The molecule has 1 aromatic carbocycles. The van der Waals surface area contributed by atoms with Crippen LogP contribution in [0.25, 0.3) is 0 Å². The smallest absolute Gasteiger partial charge is 0.341 e. The van der Waals surface area contributed by atoms with Crippen molar-refractivity contribution in [2.75, 3.05) is 6.61 Å². The number of hydrogen-bond acceptors (Lipinski definition) is 4. The average Bonchev–Trinajstić information content (AvgIpc) is 2.79. The van der Waals surface area contributed by atoms with E-state index in [1.807, 2.05) is 0 Å². The fraction of sp³-hybridized carbons (Fsp3) is 0.286. The minimum Gasteiger partial charge on any atom is -0.484 e. The molecule has 0 aliphatic rings. The molecule has 0 amide bonds. The van der Waals surface area contributed by atoms with Crippen LogP contribution in [-0.2, 0) is 18.4 Å². The van der Waals surface area contributed by atoms with E-state index in [-0.39, 0.29) is 24.5 Å². The van der Waals surface area contributed by atoms with Crippen molar-refractivity contribution < 1.29 is 23.0 Å². The third kappa shape index (κ3) is 3.36. The van der Waals surface area contributed by atoms with Crippen LogP contribution < -0.4 is 4.74 Å². The number of benzene rings is 1. The molecule has 0 spiro atoms. The van der Waals surface area contributed by atoms with E-state index < -0.39 is 17.6 Å². The van der Waals surface area contributed by atoms with Crippen LogP contribution in [0.5, 0.6) is 5.75 Å². The lowest BCUT2D eigenvalue weighted by Gasteiger charge is -2.09. The zero-order chi connectivity index (χ0) is 15.4. The summed E-state index contributed by atoms with van der Waals surface area (Å²) >= 11 is 0. The first-order valence-corrected chi connectivity index (χ1v) is 6.28. The molecule has 7 heteroatoms. The van der Waals surface area contributed by atoms with Crippen LogP contribution in [0, 0.1) is 11.6 Å². The minimum atomic E-state index is -0.810. The lowest BCUT2D eigenvalue weighted by Crippen LogP contribution is -2.11. The Labute approximate surface area is 120 Å². The third-order valence-electron chi connectivity index (χ3n) is 2.82. The van der Waals surface area contributed by atoms with Crippen molar-refractivity contribution in [1.82, 2.24) is 9.78 Å². The standard InChI is InChI=1S/C14H14F2N2O3/c1-3-20-14(19)10-7-17-18(2)12(10)8-21-13-5-4-9(15)6-11(13)16/h4-7H,3,8H2,1-2H3. The van der Waals surface area contributed by atoms with Crippen molar-refractivity contribution >= 4 is 5.97 Å². The first-order chi connectivity index (χ1) is 10.0. The molecule has 0 fully saturated rings. The Morgan fingerprint density at radius 2 is 2.14 bits per heavy atom. The monoisotopic (exact) mass is 296 g/mol. The van der Waals surface area contributed by atoms with Gasteiger partial charge >= 0.3 is 5.97 Å². The summed E-state index contributed by atoms with van der Waals surface area (Å²) in [5, 5.41) is 3.95. The maximum absolute atomic E-state index is 13.5. The van der Waals surface area contributed by atoms with Gasteiger partial charge in [0.25, 0.3) is 0 Å². The van der Waals surface area contributed by atoms with Crippen molar-refractivity contribution in [3.8, 4) is 5.75 Å². The predicted molar refractivity (Wildman–Crippen MR) is 69.9 cm³/mol. The molecule has 0 N–H and O–H groups in total. The Kier molecular flexibility index (Phi) is 4.52. The second-order valence-corrected chi connectivity index (χ2v) is 4.21. The van der Waals surface area contributed by atoms with Crippen molar-refractivity contribution in [2.45, 2.75) is 13.5 Å². The molecule has 1 heterocycles. The second kappa shape index (κ2) is 6.34. The maximum atomic E-state index is 13.5. The summed E-state index contributed by atoms with van der Waals surface area (Å²) in [6.07, 6.45) is 1.36. The van der Waals surface area contributed by atoms with Gasteiger partial charge < -0.3 is 9.47 Å². The summed E-state index contributed by atoms with van der Waals surface area (Å²) in [5.74, 6) is -2.13. The van der Waals surface area contributed by atoms with Crippen molar-refractivity contribution in [1.29, 1.82) is 0 Å². The molecule has 2 rings (SSSR count). The van der Waals surface area contributed by atoms with Gasteiger partial charge in [0.1, 0.15) is 18.0 Å². The van der Waals surface area contributed by atoms with Crippen molar-refractivity contribution in [3.05, 3.63) is 47.3 Å². The molecular formula is C14H14F2N2O3. The lowest BCUT2D eigenvalue weighted by atomic mass is 10.2. The van der Waals surface area contributed by atoms with E-state index in [1.54, 1.807) is 14.0 Å². The van der Waals surface area contributed by atoms with Crippen LogP contribution in [0.1, 0.15) is 23.0 Å². The Balaban J connectivity index is 2.16. The van der Waals surface area contributed by atoms with E-state index in [0.29, 0.717) is 5.69 Å². The van der Waals surface area contributed by atoms with Crippen LogP contribution in [0.3, 0.4) is 0 Å². The molecular weight excluding hydrogens is 282 g/mol. The predicted octanol–water partition coefficient (Wildman–Crippen LogP) is 2.45. The Hall–Kier alpha value is -2.44. The molecule has 0 aliphatic heterocycles. The number of ether oxygens (including phenoxy) is 2. The zero-order valence-electron chi connectivity index (χ0n) is 11.6. The molecule has 0 bridgehead atoms. The van der Waals surface area contributed by atoms with Crippen LogP contribution in [-0.4, -0.2) is 22.4 Å². The van der Waals surface area contributed by atoms with Gasteiger partial charge in [-0.3, -0.25) is 4.68 Å². The summed E-state index contributed by atoms with van der Waals surface area (Å²) in [5.41, 5.74) is 0.694. The van der Waals surface area contributed by atoms with E-state index in [2.05, 4.69) is 5.10 Å². The third-order valence-corrected chi connectivity index (χ3v) is 2.82. The number of hydrogen-bond donors (Lipinski definition) is 0. The first-order valence-electron chi connectivity index (χ1n) is 6.28. The Bertz CT molecular complexity index is 656. The molecule has 0 aliphatic carbocycles. The minimum absolute atomic E-state index is 0.0901. The van der Waals surface area contributed by atoms with Crippen molar-refractivity contribution in [2.24, 2.45) is 7.05 Å². The summed E-state index contributed by atoms with van der Waals surface area (Å²) in [4.78, 5) is 11.7. The number of halogens is 2. The van der Waals surface area contributed by atoms with Crippen LogP contribution in [0.15, 0.2) is 24.4 Å². The molecule has 5 nitrogen and oxygen atoms in total. The SMILES string of the molecule is CCOC(=O)c1cnn(C)c1COc1ccc(F)cc1F. The van der Waals surface area contributed by atoms with Crippen molar-refractivity contribution in [3.63, 3.8) is 0 Å².